The third-order valence-electron chi connectivity index (χ3n) is 4.12. The molecule has 0 spiro atoms. The fraction of sp³-hybridized carbons (Fsp3) is 0.263. The number of anilines is 1. The number of aromatic nitrogens is 1. The number of non-ortho nitro benzene ring substituents is 1. The summed E-state index contributed by atoms with van der Waals surface area (Å²) >= 11 is 1.24. The highest BCUT2D eigenvalue weighted by molar-refractivity contribution is 7.22. The van der Waals surface area contributed by atoms with Crippen LogP contribution in [0.5, 0.6) is 0 Å². The van der Waals surface area contributed by atoms with E-state index in [0.717, 1.165) is 5.56 Å². The molecule has 0 saturated carbocycles. The summed E-state index contributed by atoms with van der Waals surface area (Å²) in [6, 6.07) is 12.8. The Bertz CT molecular complexity index is 948. The average Bonchev–Trinajstić information content (AvgIpc) is 3.01. The van der Waals surface area contributed by atoms with E-state index in [1.165, 1.54) is 29.0 Å². The van der Waals surface area contributed by atoms with E-state index in [1.807, 2.05) is 0 Å². The van der Waals surface area contributed by atoms with Gasteiger partial charge in [0.15, 0.2) is 5.13 Å². The molecule has 0 unspecified atom stereocenters. The van der Waals surface area contributed by atoms with E-state index in [4.69, 9.17) is 0 Å². The number of carbonyl (C=O) groups is 1. The van der Waals surface area contributed by atoms with Crippen molar-refractivity contribution >= 4 is 38.3 Å². The molecule has 0 saturated heterocycles. The van der Waals surface area contributed by atoms with E-state index >= 15 is 0 Å². The molecule has 1 heterocycles. The minimum Gasteiger partial charge on any atom is -0.302 e. The zero-order valence-electron chi connectivity index (χ0n) is 14.6. The molecule has 7 heteroatoms. The van der Waals surface area contributed by atoms with Gasteiger partial charge in [-0.1, -0.05) is 49.4 Å². The third-order valence-corrected chi connectivity index (χ3v) is 5.05. The molecule has 0 bridgehead atoms. The van der Waals surface area contributed by atoms with E-state index < -0.39 is 4.92 Å². The molecule has 0 aliphatic rings. The molecule has 0 aliphatic heterocycles. The van der Waals surface area contributed by atoms with Gasteiger partial charge in [0.05, 0.1) is 15.1 Å². The van der Waals surface area contributed by atoms with Crippen LogP contribution in [0.25, 0.3) is 10.2 Å². The molecular formula is C19H19N3O3S. The van der Waals surface area contributed by atoms with Crippen molar-refractivity contribution in [1.82, 2.24) is 4.98 Å². The zero-order chi connectivity index (χ0) is 18.7. The van der Waals surface area contributed by atoms with Gasteiger partial charge in [0.2, 0.25) is 5.91 Å². The van der Waals surface area contributed by atoms with Crippen molar-refractivity contribution in [2.24, 2.45) is 0 Å². The van der Waals surface area contributed by atoms with Gasteiger partial charge in [0.1, 0.15) is 0 Å². The standard InChI is InChI=1S/C19H19N3O3S/c1-12(2)14-6-3-13(4-7-14)5-10-18(23)21-19-20-16-9-8-15(22(24)25)11-17(16)26-19/h3-4,6-9,11-12H,5,10H2,1-2H3,(H,20,21,23). The van der Waals surface area contributed by atoms with Crippen molar-refractivity contribution in [3.63, 3.8) is 0 Å². The Morgan fingerprint density at radius 2 is 1.96 bits per heavy atom. The predicted molar refractivity (Wildman–Crippen MR) is 104 cm³/mol. The van der Waals surface area contributed by atoms with Gasteiger partial charge >= 0.3 is 0 Å². The molecule has 134 valence electrons. The second-order valence-corrected chi connectivity index (χ2v) is 7.40. The zero-order valence-corrected chi connectivity index (χ0v) is 15.4. The van der Waals surface area contributed by atoms with Gasteiger partial charge in [-0.2, -0.15) is 0 Å². The van der Waals surface area contributed by atoms with Gasteiger partial charge in [-0.3, -0.25) is 14.9 Å². The number of benzene rings is 2. The summed E-state index contributed by atoms with van der Waals surface area (Å²) in [5, 5.41) is 14.1. The van der Waals surface area contributed by atoms with E-state index in [0.29, 0.717) is 34.1 Å². The number of carbonyl (C=O) groups excluding carboxylic acids is 1. The average molecular weight is 369 g/mol. The first-order valence-electron chi connectivity index (χ1n) is 8.36. The molecule has 3 rings (SSSR count). The van der Waals surface area contributed by atoms with Gasteiger partial charge in [-0.25, -0.2) is 4.98 Å². The number of aryl methyl sites for hydroxylation is 1. The first-order chi connectivity index (χ1) is 12.4. The number of thiazole rings is 1. The van der Waals surface area contributed by atoms with Crippen LogP contribution >= 0.6 is 11.3 Å². The van der Waals surface area contributed by atoms with Gasteiger partial charge < -0.3 is 5.32 Å². The topological polar surface area (TPSA) is 85.1 Å². The number of nitro groups is 1. The third kappa shape index (κ3) is 4.23. The van der Waals surface area contributed by atoms with Crippen molar-refractivity contribution in [2.45, 2.75) is 32.6 Å². The van der Waals surface area contributed by atoms with Crippen molar-refractivity contribution in [2.75, 3.05) is 5.32 Å². The summed E-state index contributed by atoms with van der Waals surface area (Å²) < 4.78 is 0.679. The van der Waals surface area contributed by atoms with Crippen LogP contribution in [-0.4, -0.2) is 15.8 Å². The summed E-state index contributed by atoms with van der Waals surface area (Å²) in [6.45, 7) is 4.30. The Labute approximate surface area is 155 Å². The number of nitro benzene ring substituents is 1. The maximum absolute atomic E-state index is 12.2. The number of nitrogens with zero attached hydrogens (tertiary/aromatic N) is 2. The highest BCUT2D eigenvalue weighted by atomic mass is 32.1. The molecule has 1 aromatic heterocycles. The van der Waals surface area contributed by atoms with Crippen LogP contribution in [0.2, 0.25) is 0 Å². The second-order valence-electron chi connectivity index (χ2n) is 6.37. The fourth-order valence-electron chi connectivity index (χ4n) is 2.59. The highest BCUT2D eigenvalue weighted by Gasteiger charge is 2.12. The molecule has 0 atom stereocenters. The Morgan fingerprint density at radius 1 is 1.23 bits per heavy atom. The number of hydrogen-bond acceptors (Lipinski definition) is 5. The predicted octanol–water partition coefficient (Wildman–Crippen LogP) is 4.90. The Balaban J connectivity index is 1.60. The fourth-order valence-corrected chi connectivity index (χ4v) is 3.50. The first-order valence-corrected chi connectivity index (χ1v) is 9.17. The quantitative estimate of drug-likeness (QED) is 0.495. The summed E-state index contributed by atoms with van der Waals surface area (Å²) in [5.74, 6) is 0.369. The largest absolute Gasteiger partial charge is 0.302 e. The summed E-state index contributed by atoms with van der Waals surface area (Å²) in [5.41, 5.74) is 3.05. The second kappa shape index (κ2) is 7.61. The van der Waals surface area contributed by atoms with Gasteiger partial charge in [-0.05, 0) is 29.5 Å². The van der Waals surface area contributed by atoms with Crippen LogP contribution in [0, 0.1) is 10.1 Å². The summed E-state index contributed by atoms with van der Waals surface area (Å²) in [4.78, 5) is 26.8. The number of hydrogen-bond donors (Lipinski definition) is 1. The van der Waals surface area contributed by atoms with Gasteiger partial charge in [0, 0.05) is 18.6 Å². The van der Waals surface area contributed by atoms with Gasteiger partial charge in [-0.15, -0.1) is 0 Å². The maximum atomic E-state index is 12.2. The Hall–Kier alpha value is -2.80. The van der Waals surface area contributed by atoms with Gasteiger partial charge in [0.25, 0.3) is 5.69 Å². The molecule has 2 aromatic carbocycles. The van der Waals surface area contributed by atoms with Crippen LogP contribution in [-0.2, 0) is 11.2 Å². The number of nitrogens with one attached hydrogen (secondary N) is 1. The van der Waals surface area contributed by atoms with Crippen molar-refractivity contribution in [3.8, 4) is 0 Å². The first kappa shape index (κ1) is 18.0. The molecule has 3 aromatic rings. The minimum absolute atomic E-state index is 0.0175. The van der Waals surface area contributed by atoms with Crippen LogP contribution in [0.4, 0.5) is 10.8 Å². The normalized spacial score (nSPS) is 11.0. The van der Waals surface area contributed by atoms with Crippen molar-refractivity contribution in [1.29, 1.82) is 0 Å². The van der Waals surface area contributed by atoms with Crippen molar-refractivity contribution < 1.29 is 9.72 Å². The molecule has 0 aliphatic carbocycles. The monoisotopic (exact) mass is 369 g/mol. The molecular weight excluding hydrogens is 350 g/mol. The molecule has 1 N–H and O–H groups in total. The van der Waals surface area contributed by atoms with Crippen LogP contribution in [0.1, 0.15) is 37.3 Å². The lowest BCUT2D eigenvalue weighted by Crippen LogP contribution is -2.12. The highest BCUT2D eigenvalue weighted by Crippen LogP contribution is 2.29. The molecule has 6 nitrogen and oxygen atoms in total. The lowest BCUT2D eigenvalue weighted by molar-refractivity contribution is -0.384. The van der Waals surface area contributed by atoms with E-state index in [-0.39, 0.29) is 11.6 Å². The molecule has 1 amide bonds. The van der Waals surface area contributed by atoms with E-state index in [1.54, 1.807) is 6.07 Å². The van der Waals surface area contributed by atoms with Crippen LogP contribution in [0.15, 0.2) is 42.5 Å². The molecule has 0 radical (unpaired) electrons. The smallest absolute Gasteiger partial charge is 0.270 e. The maximum Gasteiger partial charge on any atom is 0.270 e. The van der Waals surface area contributed by atoms with E-state index in [2.05, 4.69) is 48.4 Å². The number of fused-ring (bicyclic) bond motifs is 1. The lowest BCUT2D eigenvalue weighted by atomic mass is 10.0. The van der Waals surface area contributed by atoms with E-state index in [9.17, 15) is 14.9 Å². The lowest BCUT2D eigenvalue weighted by Gasteiger charge is -2.07. The molecule has 26 heavy (non-hydrogen) atoms. The Morgan fingerprint density at radius 3 is 2.62 bits per heavy atom. The number of amides is 1. The minimum atomic E-state index is -0.442. The number of rotatable bonds is 6. The molecule has 0 fully saturated rings. The summed E-state index contributed by atoms with van der Waals surface area (Å²) in [6.07, 6.45) is 1.01. The van der Waals surface area contributed by atoms with Crippen LogP contribution in [0.3, 0.4) is 0 Å². The van der Waals surface area contributed by atoms with Crippen LogP contribution < -0.4 is 5.32 Å². The summed E-state index contributed by atoms with van der Waals surface area (Å²) in [7, 11) is 0. The SMILES string of the molecule is CC(C)c1ccc(CCC(=O)Nc2nc3ccc([N+](=O)[O-])cc3s2)cc1. The Kier molecular flexibility index (Phi) is 5.27. The van der Waals surface area contributed by atoms with Crippen molar-refractivity contribution in [3.05, 3.63) is 63.7 Å².